The van der Waals surface area contributed by atoms with Crippen LogP contribution >= 0.6 is 11.3 Å². The molecule has 1 N–H and O–H groups in total. The van der Waals surface area contributed by atoms with Crippen LogP contribution < -0.4 is 25.0 Å². The van der Waals surface area contributed by atoms with Crippen molar-refractivity contribution in [2.24, 2.45) is 17.3 Å². The highest BCUT2D eigenvalue weighted by molar-refractivity contribution is 7.07. The van der Waals surface area contributed by atoms with Crippen LogP contribution in [0.2, 0.25) is 0 Å². The maximum atomic E-state index is 13.4. The lowest BCUT2D eigenvalue weighted by molar-refractivity contribution is -0.123. The molecule has 3 atom stereocenters. The number of benzene rings is 1. The van der Waals surface area contributed by atoms with E-state index in [4.69, 9.17) is 0 Å². The minimum Gasteiger partial charge on any atom is -0.378 e. The van der Waals surface area contributed by atoms with E-state index in [0.29, 0.717) is 21.0 Å². The normalized spacial score (nSPS) is 21.7. The van der Waals surface area contributed by atoms with E-state index in [1.807, 2.05) is 70.1 Å². The second kappa shape index (κ2) is 10.9. The van der Waals surface area contributed by atoms with Gasteiger partial charge in [-0.2, -0.15) is 0 Å². The number of carbonyl (C=O) groups is 2. The average molecular weight is 498 g/mol. The monoisotopic (exact) mass is 497 g/mol. The number of Topliss-reactive ketones (excluding diaryl/α,β-unsaturated/α-hetero) is 1. The summed E-state index contributed by atoms with van der Waals surface area (Å²) < 4.78 is 2.45. The Morgan fingerprint density at radius 1 is 1.14 bits per heavy atom. The molecule has 6 nitrogen and oxygen atoms in total. The maximum absolute atomic E-state index is 13.4. The third-order valence-electron chi connectivity index (χ3n) is 6.99. The number of aromatic nitrogens is 1. The van der Waals surface area contributed by atoms with Crippen molar-refractivity contribution < 1.29 is 9.59 Å². The van der Waals surface area contributed by atoms with Crippen molar-refractivity contribution in [2.75, 3.05) is 19.0 Å². The lowest BCUT2D eigenvalue weighted by atomic mass is 9.78. The number of rotatable bonds is 6. The zero-order valence-electron chi connectivity index (χ0n) is 22.1. The molecule has 1 aliphatic rings. The van der Waals surface area contributed by atoms with Gasteiger partial charge in [0.25, 0.3) is 5.56 Å². The van der Waals surface area contributed by atoms with Crippen LogP contribution in [-0.2, 0) is 16.1 Å². The molecule has 1 saturated carbocycles. The van der Waals surface area contributed by atoms with Gasteiger partial charge >= 0.3 is 0 Å². The van der Waals surface area contributed by atoms with Gasteiger partial charge in [0, 0.05) is 37.3 Å². The first-order valence-corrected chi connectivity index (χ1v) is 13.2. The summed E-state index contributed by atoms with van der Waals surface area (Å²) in [6.07, 6.45) is 6.57. The van der Waals surface area contributed by atoms with Crippen molar-refractivity contribution in [3.8, 4) is 0 Å². The molecule has 3 rings (SSSR count). The Labute approximate surface area is 212 Å². The minimum absolute atomic E-state index is 0.0791. The molecule has 190 valence electrons. The molecule has 2 aromatic rings. The van der Waals surface area contributed by atoms with Crippen LogP contribution in [0.4, 0.5) is 5.69 Å². The number of carbonyl (C=O) groups excluding carboxylic acids is 2. The zero-order valence-corrected chi connectivity index (χ0v) is 22.9. The topological polar surface area (TPSA) is 71.4 Å². The first-order valence-electron chi connectivity index (χ1n) is 12.4. The summed E-state index contributed by atoms with van der Waals surface area (Å²) in [6, 6.07) is 8.02. The fourth-order valence-corrected chi connectivity index (χ4v) is 5.36. The van der Waals surface area contributed by atoms with E-state index in [0.717, 1.165) is 24.1 Å². The molecule has 0 aliphatic heterocycles. The van der Waals surface area contributed by atoms with Gasteiger partial charge in [0.1, 0.15) is 11.2 Å². The quantitative estimate of drug-likeness (QED) is 0.666. The van der Waals surface area contributed by atoms with Crippen LogP contribution in [0.15, 0.2) is 29.1 Å². The van der Waals surface area contributed by atoms with Crippen molar-refractivity contribution in [3.05, 3.63) is 49.4 Å². The molecule has 3 unspecified atom stereocenters. The van der Waals surface area contributed by atoms with Crippen LogP contribution in [0, 0.1) is 17.3 Å². The molecular formula is C28H39N3O3S. The summed E-state index contributed by atoms with van der Waals surface area (Å²) in [4.78, 5) is 41.2. The van der Waals surface area contributed by atoms with E-state index in [9.17, 15) is 14.4 Å². The van der Waals surface area contributed by atoms with Crippen LogP contribution in [0.5, 0.6) is 0 Å². The number of thiazole rings is 1. The average Bonchev–Trinajstić information content (AvgIpc) is 3.05. The Kier molecular flexibility index (Phi) is 8.42. The SMILES string of the molecule is CC1CCCC(NC(=O)Cn2c(=O)/c(=C/c3ccc(N(C)C)cc3)s/c2=C\C(=O)C(C)(C)C)C1C. The lowest BCUT2D eigenvalue weighted by Crippen LogP contribution is -2.46. The highest BCUT2D eigenvalue weighted by Crippen LogP contribution is 2.29. The van der Waals surface area contributed by atoms with Crippen LogP contribution in [0.25, 0.3) is 12.2 Å². The maximum Gasteiger partial charge on any atom is 0.269 e. The number of nitrogens with one attached hydrogen (secondary N) is 1. The first-order chi connectivity index (χ1) is 16.4. The van der Waals surface area contributed by atoms with Gasteiger partial charge in [-0.25, -0.2) is 0 Å². The summed E-state index contributed by atoms with van der Waals surface area (Å²) in [5.74, 6) is 0.695. The van der Waals surface area contributed by atoms with E-state index < -0.39 is 5.41 Å². The number of nitrogens with zero attached hydrogens (tertiary/aromatic N) is 2. The smallest absolute Gasteiger partial charge is 0.269 e. The summed E-state index contributed by atoms with van der Waals surface area (Å²) in [7, 11) is 3.95. The third kappa shape index (κ3) is 6.72. The van der Waals surface area contributed by atoms with E-state index in [1.54, 1.807) is 0 Å². The first kappa shape index (κ1) is 26.9. The van der Waals surface area contributed by atoms with Gasteiger partial charge in [0.05, 0.1) is 4.53 Å². The third-order valence-corrected chi connectivity index (χ3v) is 8.05. The standard InChI is InChI=1S/C28H39N3O3S/c1-18-9-8-10-22(19(18)2)29-25(33)17-31-26(16-24(32)28(3,4)5)35-23(27(31)34)15-20-11-13-21(14-12-20)30(6)7/h11-16,18-19,22H,8-10,17H2,1-7H3,(H,29,33)/b23-15-,26-16-. The van der Waals surface area contributed by atoms with Gasteiger partial charge in [-0.05, 0) is 42.0 Å². The summed E-state index contributed by atoms with van der Waals surface area (Å²) >= 11 is 1.25. The minimum atomic E-state index is -0.577. The highest BCUT2D eigenvalue weighted by Gasteiger charge is 2.28. The number of hydrogen-bond donors (Lipinski definition) is 1. The molecule has 1 aliphatic carbocycles. The predicted molar refractivity (Wildman–Crippen MR) is 145 cm³/mol. The molecule has 1 aromatic carbocycles. The molecule has 0 spiro atoms. The Bertz CT molecular complexity index is 1230. The molecule has 0 bridgehead atoms. The summed E-state index contributed by atoms with van der Waals surface area (Å²) in [5.41, 5.74) is 1.13. The molecule has 1 fully saturated rings. The van der Waals surface area contributed by atoms with E-state index >= 15 is 0 Å². The van der Waals surface area contributed by atoms with Crippen molar-refractivity contribution in [3.63, 3.8) is 0 Å². The number of amides is 1. The second-order valence-electron chi connectivity index (χ2n) is 11.0. The number of anilines is 1. The van der Waals surface area contributed by atoms with Crippen LogP contribution in [0.3, 0.4) is 0 Å². The van der Waals surface area contributed by atoms with E-state index in [-0.39, 0.29) is 29.8 Å². The molecular weight excluding hydrogens is 458 g/mol. The molecule has 1 aromatic heterocycles. The van der Waals surface area contributed by atoms with E-state index in [1.165, 1.54) is 28.4 Å². The fraction of sp³-hybridized carbons (Fsp3) is 0.536. The molecule has 1 amide bonds. The van der Waals surface area contributed by atoms with Crippen molar-refractivity contribution >= 4 is 40.9 Å². The molecule has 0 radical (unpaired) electrons. The van der Waals surface area contributed by atoms with Gasteiger partial charge in [-0.3, -0.25) is 19.0 Å². The van der Waals surface area contributed by atoms with Crippen LogP contribution in [-0.4, -0.2) is 36.4 Å². The van der Waals surface area contributed by atoms with Crippen molar-refractivity contribution in [1.29, 1.82) is 0 Å². The van der Waals surface area contributed by atoms with Gasteiger partial charge in [0.2, 0.25) is 5.91 Å². The van der Waals surface area contributed by atoms with Crippen molar-refractivity contribution in [1.82, 2.24) is 9.88 Å². The molecule has 1 heterocycles. The zero-order chi connectivity index (χ0) is 25.9. The Hall–Kier alpha value is -2.67. The largest absolute Gasteiger partial charge is 0.378 e. The van der Waals surface area contributed by atoms with Crippen molar-refractivity contribution in [2.45, 2.75) is 66.5 Å². The predicted octanol–water partition coefficient (Wildman–Crippen LogP) is 3.14. The highest BCUT2D eigenvalue weighted by atomic mass is 32.1. The fourth-order valence-electron chi connectivity index (χ4n) is 4.32. The summed E-state index contributed by atoms with van der Waals surface area (Å²) in [6.45, 7) is 9.86. The van der Waals surface area contributed by atoms with Gasteiger partial charge in [-0.1, -0.05) is 59.6 Å². The molecule has 0 saturated heterocycles. The Balaban J connectivity index is 1.98. The van der Waals surface area contributed by atoms with Gasteiger partial charge in [-0.15, -0.1) is 11.3 Å². The van der Waals surface area contributed by atoms with Gasteiger partial charge in [0.15, 0.2) is 5.78 Å². The Morgan fingerprint density at radius 2 is 1.80 bits per heavy atom. The van der Waals surface area contributed by atoms with E-state index in [2.05, 4.69) is 19.2 Å². The number of ketones is 1. The molecule has 35 heavy (non-hydrogen) atoms. The molecule has 7 heteroatoms. The Morgan fingerprint density at radius 3 is 2.40 bits per heavy atom. The van der Waals surface area contributed by atoms with Crippen LogP contribution in [0.1, 0.15) is 59.4 Å². The second-order valence-corrected chi connectivity index (χ2v) is 12.1. The summed E-state index contributed by atoms with van der Waals surface area (Å²) in [5, 5.41) is 3.15. The van der Waals surface area contributed by atoms with Gasteiger partial charge < -0.3 is 10.2 Å². The number of hydrogen-bond acceptors (Lipinski definition) is 5. The lowest BCUT2D eigenvalue weighted by Gasteiger charge is -2.34.